The van der Waals surface area contributed by atoms with Crippen LogP contribution in [0.25, 0.3) is 0 Å². The van der Waals surface area contributed by atoms with Gasteiger partial charge in [-0.1, -0.05) is 27.7 Å². The van der Waals surface area contributed by atoms with Crippen molar-refractivity contribution in [2.24, 2.45) is 11.3 Å². The third-order valence-electron chi connectivity index (χ3n) is 2.16. The van der Waals surface area contributed by atoms with Crippen LogP contribution in [0.5, 0.6) is 0 Å². The second-order valence-corrected chi connectivity index (χ2v) is 6.31. The fraction of sp³-hybridized carbons (Fsp3) is 1.00. The number of rotatable bonds is 4. The van der Waals surface area contributed by atoms with Crippen LogP contribution in [0.1, 0.15) is 27.7 Å². The average molecular weight is 215 g/mol. The van der Waals surface area contributed by atoms with E-state index >= 15 is 0 Å². The molecule has 0 saturated carbocycles. The third-order valence-corrected chi connectivity index (χ3v) is 2.90. The van der Waals surface area contributed by atoms with Crippen molar-refractivity contribution in [2.45, 2.75) is 27.7 Å². The summed E-state index contributed by atoms with van der Waals surface area (Å²) in [4.78, 5) is 8.66. The van der Waals surface area contributed by atoms with Gasteiger partial charge in [0.25, 0.3) is 0 Å². The fourth-order valence-corrected chi connectivity index (χ4v) is 1.05. The summed E-state index contributed by atoms with van der Waals surface area (Å²) in [5.41, 5.74) is -0.132. The molecule has 0 radical (unpaired) electrons. The molecule has 0 spiro atoms. The van der Waals surface area contributed by atoms with Gasteiger partial charge in [-0.25, -0.2) is 4.57 Å². The van der Waals surface area contributed by atoms with Crippen LogP contribution in [0, 0.1) is 11.3 Å². The molecule has 0 rings (SSSR count). The van der Waals surface area contributed by atoms with Crippen LogP contribution in [-0.4, -0.2) is 11.5 Å². The van der Waals surface area contributed by atoms with Crippen LogP contribution in [0.2, 0.25) is 0 Å². The van der Waals surface area contributed by atoms with Crippen molar-refractivity contribution in [3.63, 3.8) is 0 Å². The Morgan fingerprint density at radius 2 is 2.00 bits per heavy atom. The summed E-state index contributed by atoms with van der Waals surface area (Å²) < 4.78 is 15.2. The maximum absolute atomic E-state index is 10.6. The first-order chi connectivity index (χ1) is 5.15. The van der Waals surface area contributed by atoms with Gasteiger partial charge in [0.1, 0.15) is 0 Å². The second kappa shape index (κ2) is 4.10. The van der Waals surface area contributed by atoms with Crippen molar-refractivity contribution in [3.05, 3.63) is 0 Å². The quantitative estimate of drug-likeness (QED) is 0.732. The molecule has 0 aliphatic carbocycles. The van der Waals surface area contributed by atoms with Gasteiger partial charge in [-0.3, -0.25) is 4.52 Å². The Balaban J connectivity index is 4.01. The van der Waals surface area contributed by atoms with Gasteiger partial charge in [0.2, 0.25) is 0 Å². The Morgan fingerprint density at radius 3 is 2.25 bits per heavy atom. The third kappa shape index (κ3) is 5.15. The van der Waals surface area contributed by atoms with Crippen LogP contribution in [0.4, 0.5) is 0 Å². The fourth-order valence-electron chi connectivity index (χ4n) is 0.413. The summed E-state index contributed by atoms with van der Waals surface area (Å²) in [7, 11) is 0. The maximum atomic E-state index is 10.6. The number of halogens is 1. The molecule has 0 aliphatic heterocycles. The number of hydrogen-bond donors (Lipinski definition) is 1. The van der Waals surface area contributed by atoms with Crippen molar-refractivity contribution < 1.29 is 14.0 Å². The Hall–Kier alpha value is 0.440. The molecule has 0 bridgehead atoms. The Kier molecular flexibility index (Phi) is 4.25. The van der Waals surface area contributed by atoms with Crippen molar-refractivity contribution >= 4 is 18.2 Å². The molecule has 0 amide bonds. The molecule has 12 heavy (non-hydrogen) atoms. The van der Waals surface area contributed by atoms with E-state index in [9.17, 15) is 4.57 Å². The average Bonchev–Trinajstić information content (AvgIpc) is 1.82. The lowest BCUT2D eigenvalue weighted by atomic mass is 9.82. The normalized spacial score (nSPS) is 17.9. The largest absolute Gasteiger partial charge is 0.421 e. The molecule has 0 aromatic carbocycles. The van der Waals surface area contributed by atoms with Gasteiger partial charge in [-0.05, 0) is 11.3 Å². The van der Waals surface area contributed by atoms with Gasteiger partial charge < -0.3 is 4.89 Å². The molecule has 0 saturated heterocycles. The first-order valence-electron chi connectivity index (χ1n) is 3.82. The van der Waals surface area contributed by atoms with E-state index in [0.717, 1.165) is 0 Å². The summed E-state index contributed by atoms with van der Waals surface area (Å²) in [6.45, 7) is 4.35. The van der Waals surface area contributed by atoms with Gasteiger partial charge in [0.15, 0.2) is 0 Å². The predicted octanol–water partition coefficient (Wildman–Crippen LogP) is 3.02. The highest BCUT2D eigenvalue weighted by molar-refractivity contribution is 7.80. The Labute approximate surface area is 78.4 Å². The lowest BCUT2D eigenvalue weighted by Gasteiger charge is -2.28. The summed E-state index contributed by atoms with van der Waals surface area (Å²) in [5.74, 6) is 0.376. The van der Waals surface area contributed by atoms with Crippen LogP contribution < -0.4 is 0 Å². The molecule has 1 N–H and O–H groups in total. The van der Waals surface area contributed by atoms with E-state index in [4.69, 9.17) is 16.1 Å². The van der Waals surface area contributed by atoms with Crippen LogP contribution in [0.3, 0.4) is 0 Å². The van der Waals surface area contributed by atoms with Crippen LogP contribution in [-0.2, 0) is 9.09 Å². The van der Waals surface area contributed by atoms with E-state index in [1.165, 1.54) is 0 Å². The molecule has 0 heterocycles. The van der Waals surface area contributed by atoms with Crippen molar-refractivity contribution in [3.8, 4) is 0 Å². The first kappa shape index (κ1) is 12.4. The molecule has 3 nitrogen and oxygen atoms in total. The summed E-state index contributed by atoms with van der Waals surface area (Å²) in [5, 5.41) is 0. The number of hydrogen-bond acceptors (Lipinski definition) is 2. The highest BCUT2D eigenvalue weighted by atomic mass is 35.7. The van der Waals surface area contributed by atoms with Crippen molar-refractivity contribution in [2.75, 3.05) is 6.61 Å². The Morgan fingerprint density at radius 1 is 1.58 bits per heavy atom. The molecular formula is C7H16ClO3P. The highest BCUT2D eigenvalue weighted by Crippen LogP contribution is 2.49. The molecular weight excluding hydrogens is 199 g/mol. The predicted molar refractivity (Wildman–Crippen MR) is 50.2 cm³/mol. The van der Waals surface area contributed by atoms with E-state index < -0.39 is 6.95 Å². The SMILES string of the molecule is CC(C)C(C)(C)COP(=O)(O)Cl. The minimum Gasteiger partial charge on any atom is -0.313 e. The van der Waals surface area contributed by atoms with E-state index in [-0.39, 0.29) is 12.0 Å². The molecule has 0 aromatic rings. The van der Waals surface area contributed by atoms with Crippen molar-refractivity contribution in [1.29, 1.82) is 0 Å². The zero-order chi connectivity index (χ0) is 9.99. The van der Waals surface area contributed by atoms with E-state index in [0.29, 0.717) is 5.92 Å². The standard InChI is InChI=1S/C7H16ClO3P/c1-6(2)7(3,4)5-11-12(8,9)10/h6H,5H2,1-4H3,(H,9,10). The smallest absolute Gasteiger partial charge is 0.313 e. The summed E-state index contributed by atoms with van der Waals surface area (Å²) in [6.07, 6.45) is 0. The lowest BCUT2D eigenvalue weighted by Crippen LogP contribution is -2.24. The van der Waals surface area contributed by atoms with Crippen LogP contribution in [0.15, 0.2) is 0 Å². The highest BCUT2D eigenvalue weighted by Gasteiger charge is 2.26. The van der Waals surface area contributed by atoms with Gasteiger partial charge in [0, 0.05) is 11.2 Å². The molecule has 1 atom stereocenters. The van der Waals surface area contributed by atoms with E-state index in [2.05, 4.69) is 4.52 Å². The van der Waals surface area contributed by atoms with Gasteiger partial charge in [-0.2, -0.15) is 0 Å². The minimum atomic E-state index is -3.83. The topological polar surface area (TPSA) is 46.5 Å². The van der Waals surface area contributed by atoms with Gasteiger partial charge in [0.05, 0.1) is 6.61 Å². The zero-order valence-electron chi connectivity index (χ0n) is 7.87. The van der Waals surface area contributed by atoms with Gasteiger partial charge in [-0.15, -0.1) is 0 Å². The molecule has 0 aromatic heterocycles. The molecule has 5 heteroatoms. The molecule has 74 valence electrons. The second-order valence-electron chi connectivity index (χ2n) is 3.87. The summed E-state index contributed by atoms with van der Waals surface area (Å²) >= 11 is 5.03. The molecule has 0 fully saturated rings. The summed E-state index contributed by atoms with van der Waals surface area (Å²) in [6, 6.07) is 0. The van der Waals surface area contributed by atoms with E-state index in [1.54, 1.807) is 0 Å². The van der Waals surface area contributed by atoms with E-state index in [1.807, 2.05) is 27.7 Å². The maximum Gasteiger partial charge on any atom is 0.421 e. The first-order valence-corrected chi connectivity index (χ1v) is 6.30. The Bertz CT molecular complexity index is 185. The minimum absolute atomic E-state index is 0.132. The molecule has 0 aliphatic rings. The lowest BCUT2D eigenvalue weighted by molar-refractivity contribution is 0.123. The zero-order valence-corrected chi connectivity index (χ0v) is 9.52. The van der Waals surface area contributed by atoms with Crippen LogP contribution >= 0.6 is 18.2 Å². The van der Waals surface area contributed by atoms with Crippen molar-refractivity contribution in [1.82, 2.24) is 0 Å². The van der Waals surface area contributed by atoms with Gasteiger partial charge >= 0.3 is 6.95 Å². The molecule has 1 unspecified atom stereocenters. The monoisotopic (exact) mass is 214 g/mol.